The number of nitrogens with one attached hydrogen (secondary N) is 1. The molecule has 5 nitrogen and oxygen atoms in total. The Morgan fingerprint density at radius 2 is 1.73 bits per heavy atom. The number of benzene rings is 3. The van der Waals surface area contributed by atoms with Crippen LogP contribution in [-0.4, -0.2) is 36.5 Å². The van der Waals surface area contributed by atoms with Gasteiger partial charge >= 0.3 is 0 Å². The predicted octanol–water partition coefficient (Wildman–Crippen LogP) is 6.47. The number of fused-ring (bicyclic) bond motifs is 3. The summed E-state index contributed by atoms with van der Waals surface area (Å²) in [7, 11) is 0. The van der Waals surface area contributed by atoms with E-state index in [9.17, 15) is 0 Å². The number of hydrogen-bond donors (Lipinski definition) is 1. The van der Waals surface area contributed by atoms with E-state index in [-0.39, 0.29) is 6.04 Å². The fourth-order valence-electron chi connectivity index (χ4n) is 4.53. The SMILES string of the molecule is CSCCC(c1nc2ccccc2[nH]1)n1c(-c2ccc3ncccc3c2)nc2ccccc21. The molecule has 1 atom stereocenters. The average Bonchev–Trinajstić information content (AvgIpc) is 3.46. The van der Waals surface area contributed by atoms with Crippen molar-refractivity contribution in [3.63, 3.8) is 0 Å². The van der Waals surface area contributed by atoms with Crippen LogP contribution in [0.2, 0.25) is 0 Å². The van der Waals surface area contributed by atoms with Crippen LogP contribution in [-0.2, 0) is 0 Å². The maximum atomic E-state index is 5.09. The molecule has 1 unspecified atom stereocenters. The predicted molar refractivity (Wildman–Crippen MR) is 138 cm³/mol. The molecule has 0 bridgehead atoms. The summed E-state index contributed by atoms with van der Waals surface area (Å²) in [6.45, 7) is 0. The second-order valence-electron chi connectivity index (χ2n) is 8.14. The van der Waals surface area contributed by atoms with Crippen molar-refractivity contribution in [1.29, 1.82) is 0 Å². The van der Waals surface area contributed by atoms with Gasteiger partial charge in [-0.25, -0.2) is 9.97 Å². The largest absolute Gasteiger partial charge is 0.340 e. The Bertz CT molecular complexity index is 1550. The molecule has 3 heterocycles. The number of aromatic nitrogens is 5. The fraction of sp³-hybridized carbons (Fsp3) is 0.148. The normalized spacial score (nSPS) is 12.6. The zero-order valence-electron chi connectivity index (χ0n) is 18.3. The zero-order chi connectivity index (χ0) is 22.2. The monoisotopic (exact) mass is 449 g/mol. The molecule has 0 saturated carbocycles. The lowest BCUT2D eigenvalue weighted by atomic mass is 10.1. The third kappa shape index (κ3) is 3.56. The van der Waals surface area contributed by atoms with E-state index in [1.165, 1.54) is 0 Å². The smallest absolute Gasteiger partial charge is 0.141 e. The Kier molecular flexibility index (Phi) is 5.07. The highest BCUT2D eigenvalue weighted by Crippen LogP contribution is 2.34. The van der Waals surface area contributed by atoms with E-state index in [0.29, 0.717) is 0 Å². The second-order valence-corrected chi connectivity index (χ2v) is 9.13. The first-order valence-electron chi connectivity index (χ1n) is 11.1. The van der Waals surface area contributed by atoms with Crippen molar-refractivity contribution in [1.82, 2.24) is 24.5 Å². The molecule has 0 radical (unpaired) electrons. The molecule has 0 amide bonds. The summed E-state index contributed by atoms with van der Waals surface area (Å²) in [6, 6.07) is 27.1. The van der Waals surface area contributed by atoms with Crippen molar-refractivity contribution in [2.45, 2.75) is 12.5 Å². The second kappa shape index (κ2) is 8.37. The van der Waals surface area contributed by atoms with Gasteiger partial charge in [-0.2, -0.15) is 11.8 Å². The van der Waals surface area contributed by atoms with E-state index >= 15 is 0 Å². The molecule has 0 fully saturated rings. The van der Waals surface area contributed by atoms with Gasteiger partial charge in [-0.15, -0.1) is 0 Å². The van der Waals surface area contributed by atoms with Gasteiger partial charge in [0, 0.05) is 17.1 Å². The first kappa shape index (κ1) is 20.0. The highest BCUT2D eigenvalue weighted by molar-refractivity contribution is 7.98. The van der Waals surface area contributed by atoms with Crippen molar-refractivity contribution in [3.05, 3.63) is 90.9 Å². The molecule has 0 aliphatic heterocycles. The Hall–Kier alpha value is -3.64. The van der Waals surface area contributed by atoms with E-state index in [4.69, 9.17) is 9.97 Å². The number of pyridine rings is 1. The average molecular weight is 450 g/mol. The van der Waals surface area contributed by atoms with Gasteiger partial charge in [-0.05, 0) is 67.0 Å². The van der Waals surface area contributed by atoms with E-state index in [1.54, 1.807) is 0 Å². The minimum Gasteiger partial charge on any atom is -0.340 e. The highest BCUT2D eigenvalue weighted by atomic mass is 32.2. The Labute approximate surface area is 195 Å². The first-order chi connectivity index (χ1) is 16.3. The lowest BCUT2D eigenvalue weighted by molar-refractivity contribution is 0.564. The molecule has 0 spiro atoms. The molecule has 162 valence electrons. The van der Waals surface area contributed by atoms with Crippen LogP contribution >= 0.6 is 11.8 Å². The number of nitrogens with zero attached hydrogens (tertiary/aromatic N) is 4. The highest BCUT2D eigenvalue weighted by Gasteiger charge is 2.24. The molecule has 1 N–H and O–H groups in total. The standard InChI is InChI=1S/C27H23N5S/c1-33-16-14-25(26-29-21-8-2-3-9-22(21)30-26)32-24-11-5-4-10-23(24)31-27(32)19-12-13-20-18(17-19)7-6-15-28-20/h2-13,15,17,25H,14,16H2,1H3,(H,29,30). The van der Waals surface area contributed by atoms with Crippen LogP contribution < -0.4 is 0 Å². The number of aromatic amines is 1. The number of thioether (sulfide) groups is 1. The Morgan fingerprint density at radius 1 is 0.879 bits per heavy atom. The summed E-state index contributed by atoms with van der Waals surface area (Å²) in [5, 5.41) is 1.11. The van der Waals surface area contributed by atoms with Gasteiger partial charge in [-0.1, -0.05) is 30.3 Å². The zero-order valence-corrected chi connectivity index (χ0v) is 19.1. The van der Waals surface area contributed by atoms with Gasteiger partial charge in [0.2, 0.25) is 0 Å². The number of hydrogen-bond acceptors (Lipinski definition) is 4. The summed E-state index contributed by atoms with van der Waals surface area (Å²) < 4.78 is 2.36. The van der Waals surface area contributed by atoms with Gasteiger partial charge < -0.3 is 9.55 Å². The van der Waals surface area contributed by atoms with Gasteiger partial charge in [0.1, 0.15) is 11.6 Å². The number of imidazole rings is 2. The molecule has 0 saturated heterocycles. The van der Waals surface area contributed by atoms with E-state index in [1.807, 2.05) is 42.2 Å². The quantitative estimate of drug-likeness (QED) is 0.317. The van der Waals surface area contributed by atoms with Crippen LogP contribution in [0, 0.1) is 0 Å². The first-order valence-corrected chi connectivity index (χ1v) is 12.5. The summed E-state index contributed by atoms with van der Waals surface area (Å²) in [5.74, 6) is 2.94. The van der Waals surface area contributed by atoms with Gasteiger partial charge in [-0.3, -0.25) is 4.98 Å². The van der Waals surface area contributed by atoms with Crippen LogP contribution in [0.1, 0.15) is 18.3 Å². The topological polar surface area (TPSA) is 59.4 Å². The molecule has 3 aromatic heterocycles. The van der Waals surface area contributed by atoms with Crippen LogP contribution in [0.15, 0.2) is 85.1 Å². The molecule has 0 aliphatic carbocycles. The Morgan fingerprint density at radius 3 is 2.61 bits per heavy atom. The van der Waals surface area contributed by atoms with E-state index < -0.39 is 0 Å². The van der Waals surface area contributed by atoms with Crippen molar-refractivity contribution in [2.24, 2.45) is 0 Å². The summed E-state index contributed by atoms with van der Waals surface area (Å²) in [6.07, 6.45) is 4.93. The van der Waals surface area contributed by atoms with Crippen LogP contribution in [0.3, 0.4) is 0 Å². The molecular formula is C27H23N5S. The van der Waals surface area contributed by atoms with Gasteiger partial charge in [0.15, 0.2) is 0 Å². The van der Waals surface area contributed by atoms with Crippen molar-refractivity contribution < 1.29 is 0 Å². The molecule has 6 heteroatoms. The third-order valence-electron chi connectivity index (χ3n) is 6.09. The summed E-state index contributed by atoms with van der Waals surface area (Å²) >= 11 is 1.85. The van der Waals surface area contributed by atoms with Crippen molar-refractivity contribution in [2.75, 3.05) is 12.0 Å². The number of rotatable bonds is 6. The summed E-state index contributed by atoms with van der Waals surface area (Å²) in [4.78, 5) is 18.2. The van der Waals surface area contributed by atoms with Crippen LogP contribution in [0.5, 0.6) is 0 Å². The molecular weight excluding hydrogens is 426 g/mol. The molecule has 6 aromatic rings. The summed E-state index contributed by atoms with van der Waals surface area (Å²) in [5.41, 5.74) is 6.22. The van der Waals surface area contributed by atoms with E-state index in [0.717, 1.165) is 62.4 Å². The molecule has 33 heavy (non-hydrogen) atoms. The minimum absolute atomic E-state index is 0.0387. The van der Waals surface area contributed by atoms with Gasteiger partial charge in [0.25, 0.3) is 0 Å². The molecule has 6 rings (SSSR count). The maximum absolute atomic E-state index is 5.09. The molecule has 3 aromatic carbocycles. The number of para-hydroxylation sites is 4. The third-order valence-corrected chi connectivity index (χ3v) is 6.73. The lowest BCUT2D eigenvalue weighted by Gasteiger charge is -2.20. The van der Waals surface area contributed by atoms with Crippen LogP contribution in [0.4, 0.5) is 0 Å². The number of H-pyrrole nitrogens is 1. The van der Waals surface area contributed by atoms with E-state index in [2.05, 4.69) is 75.4 Å². The van der Waals surface area contributed by atoms with Crippen LogP contribution in [0.25, 0.3) is 44.4 Å². The maximum Gasteiger partial charge on any atom is 0.141 e. The minimum atomic E-state index is 0.0387. The van der Waals surface area contributed by atoms with Crippen molar-refractivity contribution >= 4 is 44.7 Å². The van der Waals surface area contributed by atoms with Gasteiger partial charge in [0.05, 0.1) is 33.6 Å². The Balaban J connectivity index is 1.59. The van der Waals surface area contributed by atoms with Crippen molar-refractivity contribution in [3.8, 4) is 11.4 Å². The molecule has 0 aliphatic rings. The lowest BCUT2D eigenvalue weighted by Crippen LogP contribution is -2.15. The fourth-order valence-corrected chi connectivity index (χ4v) is 4.99.